The highest BCUT2D eigenvalue weighted by Crippen LogP contribution is 2.45. The molecule has 0 radical (unpaired) electrons. The molecule has 2 aliphatic rings. The summed E-state index contributed by atoms with van der Waals surface area (Å²) in [6.07, 6.45) is 1.96. The lowest BCUT2D eigenvalue weighted by Gasteiger charge is -2.43. The number of carboxylic acids is 1. The van der Waals surface area contributed by atoms with Crippen LogP contribution in [-0.2, 0) is 23.8 Å². The van der Waals surface area contributed by atoms with E-state index in [1.165, 1.54) is 23.1 Å². The Labute approximate surface area is 159 Å². The van der Waals surface area contributed by atoms with Gasteiger partial charge in [-0.2, -0.15) is 4.98 Å². The number of ether oxygens (including phenoxy) is 2. The summed E-state index contributed by atoms with van der Waals surface area (Å²) in [7, 11) is 3.15. The molecular formula is C17H20N4O5S. The average molecular weight is 392 g/mol. The molecule has 10 heteroatoms. The topological polar surface area (TPSA) is 107 Å². The fraction of sp³-hybridized carbons (Fsp3) is 0.529. The van der Waals surface area contributed by atoms with Gasteiger partial charge in [0.15, 0.2) is 0 Å². The van der Waals surface area contributed by atoms with Crippen molar-refractivity contribution in [1.29, 1.82) is 0 Å². The van der Waals surface area contributed by atoms with Crippen LogP contribution in [0.5, 0.6) is 6.01 Å². The number of nitrogens with zero attached hydrogens (tertiary/aromatic N) is 4. The van der Waals surface area contributed by atoms with Gasteiger partial charge in [-0.1, -0.05) is 0 Å². The lowest BCUT2D eigenvalue weighted by molar-refractivity contribution is -0.0907. The Morgan fingerprint density at radius 3 is 2.74 bits per heavy atom. The summed E-state index contributed by atoms with van der Waals surface area (Å²) < 4.78 is 12.6. The highest BCUT2D eigenvalue weighted by Gasteiger charge is 2.44. The van der Waals surface area contributed by atoms with E-state index in [1.807, 2.05) is 0 Å². The maximum atomic E-state index is 12.7. The number of rotatable bonds is 3. The molecule has 0 bridgehead atoms. The van der Waals surface area contributed by atoms with Crippen LogP contribution in [-0.4, -0.2) is 63.5 Å². The third kappa shape index (κ3) is 2.98. The van der Waals surface area contributed by atoms with Gasteiger partial charge in [-0.05, 0) is 30.9 Å². The maximum Gasteiger partial charge on any atom is 0.345 e. The van der Waals surface area contributed by atoms with Crippen LogP contribution in [0.3, 0.4) is 0 Å². The molecule has 0 atom stereocenters. The summed E-state index contributed by atoms with van der Waals surface area (Å²) in [5, 5.41) is 13.4. The minimum atomic E-state index is -0.910. The van der Waals surface area contributed by atoms with Gasteiger partial charge in [0.2, 0.25) is 5.82 Å². The second kappa shape index (κ2) is 6.61. The van der Waals surface area contributed by atoms with Crippen LogP contribution >= 0.6 is 11.3 Å². The van der Waals surface area contributed by atoms with Crippen molar-refractivity contribution in [2.75, 3.05) is 26.8 Å². The van der Waals surface area contributed by atoms with Crippen LogP contribution in [0.25, 0.3) is 0 Å². The quantitative estimate of drug-likeness (QED) is 0.839. The summed E-state index contributed by atoms with van der Waals surface area (Å²) in [4.78, 5) is 31.2. The SMILES string of the molecule is COc1nc(C(=O)N2CCC3(CC2)OCCc2cc(C(=O)O)sc23)nn1C. The van der Waals surface area contributed by atoms with Gasteiger partial charge in [0.05, 0.1) is 13.7 Å². The number of hydrogen-bond donors (Lipinski definition) is 1. The Balaban J connectivity index is 1.52. The summed E-state index contributed by atoms with van der Waals surface area (Å²) in [6.45, 7) is 1.56. The first-order chi connectivity index (χ1) is 12.9. The zero-order valence-corrected chi connectivity index (χ0v) is 15.9. The third-order valence-corrected chi connectivity index (χ3v) is 6.49. The van der Waals surface area contributed by atoms with Crippen molar-refractivity contribution in [3.63, 3.8) is 0 Å². The number of fused-ring (bicyclic) bond motifs is 2. The van der Waals surface area contributed by atoms with Crippen molar-refractivity contribution in [2.45, 2.75) is 24.9 Å². The van der Waals surface area contributed by atoms with Gasteiger partial charge in [0.25, 0.3) is 5.91 Å². The van der Waals surface area contributed by atoms with Crippen molar-refractivity contribution in [3.05, 3.63) is 27.2 Å². The van der Waals surface area contributed by atoms with E-state index in [1.54, 1.807) is 18.0 Å². The number of piperidine rings is 1. The number of likely N-dealkylation sites (tertiary alicyclic amines) is 1. The number of carbonyl (C=O) groups excluding carboxylic acids is 1. The Morgan fingerprint density at radius 2 is 2.11 bits per heavy atom. The molecule has 1 fully saturated rings. The van der Waals surface area contributed by atoms with Crippen molar-refractivity contribution < 1.29 is 24.2 Å². The Kier molecular flexibility index (Phi) is 4.39. The Hall–Kier alpha value is -2.46. The standard InChI is InChI=1S/C17H20N4O5S/c1-20-16(25-2)18-13(19-20)14(22)21-6-4-17(5-7-21)12-10(3-8-26-17)9-11(27-12)15(23)24/h9H,3-8H2,1-2H3,(H,23,24). The second-order valence-electron chi connectivity index (χ2n) is 6.70. The van der Waals surface area contributed by atoms with Crippen molar-refractivity contribution in [3.8, 4) is 6.01 Å². The van der Waals surface area contributed by atoms with E-state index in [0.717, 1.165) is 16.9 Å². The molecule has 1 spiro atoms. The molecule has 1 saturated heterocycles. The van der Waals surface area contributed by atoms with Crippen LogP contribution in [0.15, 0.2) is 6.07 Å². The number of carboxylic acid groups (broad SMARTS) is 1. The number of thiophene rings is 1. The van der Waals surface area contributed by atoms with E-state index in [4.69, 9.17) is 9.47 Å². The zero-order valence-electron chi connectivity index (χ0n) is 15.1. The highest BCUT2D eigenvalue weighted by molar-refractivity contribution is 7.14. The summed E-state index contributed by atoms with van der Waals surface area (Å²) in [6, 6.07) is 2.04. The number of aryl methyl sites for hydroxylation is 1. The molecule has 1 amide bonds. The molecule has 0 saturated carbocycles. The molecule has 2 aliphatic heterocycles. The highest BCUT2D eigenvalue weighted by atomic mass is 32.1. The third-order valence-electron chi connectivity index (χ3n) is 5.14. The van der Waals surface area contributed by atoms with Gasteiger partial charge in [0, 0.05) is 25.0 Å². The van der Waals surface area contributed by atoms with Crippen LogP contribution in [0, 0.1) is 0 Å². The fourth-order valence-corrected chi connectivity index (χ4v) is 5.00. The summed E-state index contributed by atoms with van der Waals surface area (Å²) >= 11 is 1.29. The molecule has 2 aromatic rings. The number of aromatic nitrogens is 3. The van der Waals surface area contributed by atoms with Crippen molar-refractivity contribution >= 4 is 23.2 Å². The van der Waals surface area contributed by atoms with Crippen LogP contribution in [0.2, 0.25) is 0 Å². The molecule has 144 valence electrons. The first-order valence-electron chi connectivity index (χ1n) is 8.68. The van der Waals surface area contributed by atoms with Gasteiger partial charge in [-0.15, -0.1) is 16.4 Å². The Bertz CT molecular complexity index is 897. The predicted molar refractivity (Wildman–Crippen MR) is 95.3 cm³/mol. The van der Waals surface area contributed by atoms with E-state index in [0.29, 0.717) is 37.4 Å². The molecule has 9 nitrogen and oxygen atoms in total. The molecule has 1 N–H and O–H groups in total. The molecule has 0 aromatic carbocycles. The fourth-order valence-electron chi connectivity index (χ4n) is 3.75. The van der Waals surface area contributed by atoms with E-state index in [9.17, 15) is 14.7 Å². The first kappa shape index (κ1) is 17.9. The van der Waals surface area contributed by atoms with Crippen LogP contribution in [0.4, 0.5) is 0 Å². The molecule has 0 unspecified atom stereocenters. The van der Waals surface area contributed by atoms with Gasteiger partial charge in [-0.3, -0.25) is 4.79 Å². The lowest BCUT2D eigenvalue weighted by Crippen LogP contribution is -2.48. The average Bonchev–Trinajstić information content (AvgIpc) is 3.26. The van der Waals surface area contributed by atoms with Crippen molar-refractivity contribution in [1.82, 2.24) is 19.7 Å². The second-order valence-corrected chi connectivity index (χ2v) is 7.75. The minimum absolute atomic E-state index is 0.111. The van der Waals surface area contributed by atoms with Gasteiger partial charge < -0.3 is 19.5 Å². The van der Waals surface area contributed by atoms with E-state index >= 15 is 0 Å². The van der Waals surface area contributed by atoms with Crippen LogP contribution in [0.1, 0.15) is 43.6 Å². The monoisotopic (exact) mass is 392 g/mol. The smallest absolute Gasteiger partial charge is 0.345 e. The lowest BCUT2D eigenvalue weighted by atomic mass is 9.85. The molecule has 0 aliphatic carbocycles. The predicted octanol–water partition coefficient (Wildman–Crippen LogP) is 1.29. The zero-order chi connectivity index (χ0) is 19.2. The summed E-state index contributed by atoms with van der Waals surface area (Å²) in [5.74, 6) is -1.04. The normalized spacial score (nSPS) is 18.4. The van der Waals surface area contributed by atoms with E-state index in [2.05, 4.69) is 10.1 Å². The minimum Gasteiger partial charge on any atom is -0.477 e. The number of hydrogen-bond acceptors (Lipinski definition) is 7. The molecule has 2 aromatic heterocycles. The number of amides is 1. The van der Waals surface area contributed by atoms with Gasteiger partial charge in [-0.25, -0.2) is 9.48 Å². The number of carbonyl (C=O) groups is 2. The number of aromatic carboxylic acids is 1. The van der Waals surface area contributed by atoms with E-state index in [-0.39, 0.29) is 17.7 Å². The van der Waals surface area contributed by atoms with Crippen LogP contribution < -0.4 is 4.74 Å². The first-order valence-corrected chi connectivity index (χ1v) is 9.50. The molecule has 4 heterocycles. The Morgan fingerprint density at radius 1 is 1.37 bits per heavy atom. The molecule has 27 heavy (non-hydrogen) atoms. The maximum absolute atomic E-state index is 12.7. The molecule has 4 rings (SSSR count). The summed E-state index contributed by atoms with van der Waals surface area (Å²) in [5.41, 5.74) is 0.553. The molecular weight excluding hydrogens is 372 g/mol. The number of methoxy groups -OCH3 is 1. The van der Waals surface area contributed by atoms with Gasteiger partial charge in [0.1, 0.15) is 10.5 Å². The van der Waals surface area contributed by atoms with Gasteiger partial charge >= 0.3 is 12.0 Å². The van der Waals surface area contributed by atoms with Crippen molar-refractivity contribution in [2.24, 2.45) is 7.05 Å². The van der Waals surface area contributed by atoms with E-state index < -0.39 is 11.6 Å². The largest absolute Gasteiger partial charge is 0.477 e.